The highest BCUT2D eigenvalue weighted by Crippen LogP contribution is 2.18. The van der Waals surface area contributed by atoms with Crippen molar-refractivity contribution in [2.45, 2.75) is 0 Å². The van der Waals surface area contributed by atoms with Gasteiger partial charge in [0.2, 0.25) is 0 Å². The number of fused-ring (bicyclic) bond motifs is 1. The first-order chi connectivity index (χ1) is 7.66. The number of amides is 1. The van der Waals surface area contributed by atoms with E-state index in [1.807, 2.05) is 24.3 Å². The zero-order chi connectivity index (χ0) is 11.5. The van der Waals surface area contributed by atoms with Crippen molar-refractivity contribution in [3.05, 3.63) is 47.2 Å². The van der Waals surface area contributed by atoms with Gasteiger partial charge in [-0.05, 0) is 12.1 Å². The van der Waals surface area contributed by atoms with Crippen LogP contribution in [-0.4, -0.2) is 12.5 Å². The van der Waals surface area contributed by atoms with Crippen LogP contribution in [0.3, 0.4) is 0 Å². The van der Waals surface area contributed by atoms with Crippen LogP contribution in [0.1, 0.15) is 10.6 Å². The summed E-state index contributed by atoms with van der Waals surface area (Å²) in [5, 5.41) is 3.60. The normalized spacial score (nSPS) is 10.3. The molecule has 0 radical (unpaired) electrons. The molecule has 16 heavy (non-hydrogen) atoms. The molecule has 0 spiro atoms. The van der Waals surface area contributed by atoms with E-state index in [0.29, 0.717) is 17.9 Å². The van der Waals surface area contributed by atoms with Crippen molar-refractivity contribution in [2.75, 3.05) is 6.54 Å². The summed E-state index contributed by atoms with van der Waals surface area (Å²) in [6, 6.07) is 9.23. The fourth-order valence-electron chi connectivity index (χ4n) is 1.36. The predicted molar refractivity (Wildman–Crippen MR) is 66.6 cm³/mol. The molecule has 1 heterocycles. The number of hydrogen-bond donors (Lipinski definition) is 1. The number of furan rings is 1. The first kappa shape index (κ1) is 11.0. The number of para-hydroxylation sites is 1. The maximum Gasteiger partial charge on any atom is 0.287 e. The van der Waals surface area contributed by atoms with Crippen LogP contribution in [-0.2, 0) is 0 Å². The molecular weight excluding hydrogens is 270 g/mol. The minimum atomic E-state index is -0.239. The van der Waals surface area contributed by atoms with Crippen molar-refractivity contribution < 1.29 is 9.21 Å². The summed E-state index contributed by atoms with van der Waals surface area (Å²) in [4.78, 5) is 11.7. The maximum atomic E-state index is 11.7. The lowest BCUT2D eigenvalue weighted by Crippen LogP contribution is -2.23. The molecule has 4 heteroatoms. The van der Waals surface area contributed by atoms with Gasteiger partial charge in [0.1, 0.15) is 5.58 Å². The Morgan fingerprint density at radius 2 is 2.19 bits per heavy atom. The SMILES string of the molecule is C=C(Br)CNC(=O)c1cc2ccccc2o1. The summed E-state index contributed by atoms with van der Waals surface area (Å²) in [5.41, 5.74) is 0.713. The van der Waals surface area contributed by atoms with E-state index in [0.717, 1.165) is 9.87 Å². The first-order valence-corrected chi connectivity index (χ1v) is 5.56. The number of carbonyl (C=O) groups is 1. The van der Waals surface area contributed by atoms with Gasteiger partial charge >= 0.3 is 0 Å². The van der Waals surface area contributed by atoms with Crippen molar-refractivity contribution in [3.8, 4) is 0 Å². The monoisotopic (exact) mass is 279 g/mol. The van der Waals surface area contributed by atoms with Gasteiger partial charge in [0.25, 0.3) is 5.91 Å². The smallest absolute Gasteiger partial charge is 0.287 e. The van der Waals surface area contributed by atoms with E-state index in [-0.39, 0.29) is 5.91 Å². The Balaban J connectivity index is 2.20. The highest BCUT2D eigenvalue weighted by atomic mass is 79.9. The Labute approximate surface area is 101 Å². The van der Waals surface area contributed by atoms with Gasteiger partial charge in [0, 0.05) is 16.4 Å². The van der Waals surface area contributed by atoms with Crippen LogP contribution < -0.4 is 5.32 Å². The molecule has 0 unspecified atom stereocenters. The van der Waals surface area contributed by atoms with Gasteiger partial charge in [0.15, 0.2) is 5.76 Å². The summed E-state index contributed by atoms with van der Waals surface area (Å²) in [6.45, 7) is 4.02. The second kappa shape index (κ2) is 4.53. The molecule has 0 aliphatic rings. The van der Waals surface area contributed by atoms with Crippen LogP contribution in [0, 0.1) is 0 Å². The average Bonchev–Trinajstić information content (AvgIpc) is 2.69. The zero-order valence-corrected chi connectivity index (χ0v) is 10.1. The molecule has 2 aromatic rings. The van der Waals surface area contributed by atoms with Crippen molar-refractivity contribution in [1.29, 1.82) is 0 Å². The number of rotatable bonds is 3. The van der Waals surface area contributed by atoms with E-state index in [1.165, 1.54) is 0 Å². The molecule has 1 aromatic carbocycles. The van der Waals surface area contributed by atoms with Gasteiger partial charge in [-0.3, -0.25) is 4.79 Å². The molecule has 1 aromatic heterocycles. The Morgan fingerprint density at radius 3 is 2.88 bits per heavy atom. The van der Waals surface area contributed by atoms with E-state index < -0.39 is 0 Å². The molecule has 1 amide bonds. The lowest BCUT2D eigenvalue weighted by atomic mass is 10.2. The number of halogens is 1. The molecule has 0 aliphatic carbocycles. The molecule has 0 fully saturated rings. The Kier molecular flexibility index (Phi) is 3.10. The minimum absolute atomic E-state index is 0.239. The lowest BCUT2D eigenvalue weighted by molar-refractivity contribution is 0.0932. The predicted octanol–water partition coefficient (Wildman–Crippen LogP) is 3.07. The van der Waals surface area contributed by atoms with Gasteiger partial charge in [-0.15, -0.1) is 0 Å². The number of nitrogens with one attached hydrogen (secondary N) is 1. The summed E-state index contributed by atoms with van der Waals surface area (Å²) in [5.74, 6) is 0.0757. The third-order valence-corrected chi connectivity index (χ3v) is 2.37. The van der Waals surface area contributed by atoms with E-state index in [4.69, 9.17) is 4.42 Å². The van der Waals surface area contributed by atoms with Crippen LogP contribution in [0.25, 0.3) is 11.0 Å². The second-order valence-corrected chi connectivity index (χ2v) is 4.47. The Hall–Kier alpha value is -1.55. The van der Waals surface area contributed by atoms with E-state index >= 15 is 0 Å². The van der Waals surface area contributed by atoms with Crippen molar-refractivity contribution in [1.82, 2.24) is 5.32 Å². The third-order valence-electron chi connectivity index (χ3n) is 2.09. The molecule has 82 valence electrons. The van der Waals surface area contributed by atoms with Gasteiger partial charge in [0.05, 0.1) is 0 Å². The minimum Gasteiger partial charge on any atom is -0.451 e. The van der Waals surface area contributed by atoms with Crippen molar-refractivity contribution in [2.24, 2.45) is 0 Å². The second-order valence-electron chi connectivity index (χ2n) is 3.35. The summed E-state index contributed by atoms with van der Waals surface area (Å²) in [7, 11) is 0. The molecule has 2 rings (SSSR count). The van der Waals surface area contributed by atoms with Gasteiger partial charge in [-0.25, -0.2) is 0 Å². The fraction of sp³-hybridized carbons (Fsp3) is 0.0833. The standard InChI is InChI=1S/C12H10BrNO2/c1-8(13)7-14-12(15)11-6-9-4-2-3-5-10(9)16-11/h2-6H,1,7H2,(H,14,15). The third kappa shape index (κ3) is 2.33. The van der Waals surface area contributed by atoms with Gasteiger partial charge in [-0.1, -0.05) is 40.7 Å². The number of carbonyl (C=O) groups excluding carboxylic acids is 1. The molecule has 0 saturated heterocycles. The number of benzene rings is 1. The van der Waals surface area contributed by atoms with E-state index in [9.17, 15) is 4.79 Å². The van der Waals surface area contributed by atoms with Gasteiger partial charge < -0.3 is 9.73 Å². The lowest BCUT2D eigenvalue weighted by Gasteiger charge is -1.99. The molecule has 1 N–H and O–H groups in total. The van der Waals surface area contributed by atoms with Crippen LogP contribution in [0.15, 0.2) is 45.8 Å². The molecule has 0 atom stereocenters. The van der Waals surface area contributed by atoms with Crippen LogP contribution in [0.5, 0.6) is 0 Å². The van der Waals surface area contributed by atoms with Crippen LogP contribution in [0.4, 0.5) is 0 Å². The van der Waals surface area contributed by atoms with Crippen molar-refractivity contribution >= 4 is 32.8 Å². The first-order valence-electron chi connectivity index (χ1n) is 4.77. The topological polar surface area (TPSA) is 42.2 Å². The summed E-state index contributed by atoms with van der Waals surface area (Å²) in [6.07, 6.45) is 0. The fourth-order valence-corrected chi connectivity index (χ4v) is 1.50. The van der Waals surface area contributed by atoms with Crippen LogP contribution >= 0.6 is 15.9 Å². The van der Waals surface area contributed by atoms with Crippen molar-refractivity contribution in [3.63, 3.8) is 0 Å². The highest BCUT2D eigenvalue weighted by Gasteiger charge is 2.11. The maximum absolute atomic E-state index is 11.7. The summed E-state index contributed by atoms with van der Waals surface area (Å²) >= 11 is 3.17. The Morgan fingerprint density at radius 1 is 1.44 bits per heavy atom. The number of hydrogen-bond acceptors (Lipinski definition) is 2. The molecule has 0 bridgehead atoms. The molecular formula is C12H10BrNO2. The quantitative estimate of drug-likeness (QED) is 0.938. The molecule has 0 saturated carbocycles. The van der Waals surface area contributed by atoms with Crippen LogP contribution in [0.2, 0.25) is 0 Å². The van der Waals surface area contributed by atoms with E-state index in [1.54, 1.807) is 6.07 Å². The highest BCUT2D eigenvalue weighted by molar-refractivity contribution is 9.11. The van der Waals surface area contributed by atoms with Gasteiger partial charge in [-0.2, -0.15) is 0 Å². The zero-order valence-electron chi connectivity index (χ0n) is 8.50. The Bertz CT molecular complexity index is 512. The molecule has 3 nitrogen and oxygen atoms in total. The van der Waals surface area contributed by atoms with E-state index in [2.05, 4.69) is 27.8 Å². The molecule has 0 aliphatic heterocycles. The summed E-state index contributed by atoms with van der Waals surface area (Å²) < 4.78 is 6.12. The largest absolute Gasteiger partial charge is 0.451 e. The average molecular weight is 280 g/mol.